The Morgan fingerprint density at radius 1 is 1.17 bits per heavy atom. The maximum atomic E-state index is 12.9. The average molecular weight is 415 g/mol. The van der Waals surface area contributed by atoms with Crippen molar-refractivity contribution in [1.82, 2.24) is 5.32 Å². The van der Waals surface area contributed by atoms with Gasteiger partial charge in [0, 0.05) is 5.02 Å². The first-order chi connectivity index (χ1) is 13.8. The number of amides is 4. The molecular weight excluding hydrogens is 400 g/mol. The molecule has 4 amide bonds. The Bertz CT molecular complexity index is 1050. The molecule has 1 saturated heterocycles. The number of imide groups is 2. The summed E-state index contributed by atoms with van der Waals surface area (Å²) in [6, 6.07) is 10.0. The van der Waals surface area contributed by atoms with Gasteiger partial charge in [0.05, 0.1) is 5.69 Å². The fourth-order valence-electron chi connectivity index (χ4n) is 2.69. The molecule has 8 nitrogen and oxygen atoms in total. The van der Waals surface area contributed by atoms with Crippen LogP contribution in [-0.2, 0) is 14.4 Å². The SMILES string of the molecule is Cc1c(Cl)cccc1N1C(=O)NC(=O)/C(=C\c2ccc(OCC(=O)O)cc2)C1=O. The van der Waals surface area contributed by atoms with Crippen molar-refractivity contribution in [2.45, 2.75) is 6.92 Å². The summed E-state index contributed by atoms with van der Waals surface area (Å²) in [6.07, 6.45) is 1.33. The van der Waals surface area contributed by atoms with Crippen LogP contribution in [0.4, 0.5) is 10.5 Å². The summed E-state index contributed by atoms with van der Waals surface area (Å²) in [7, 11) is 0. The van der Waals surface area contributed by atoms with Crippen LogP contribution in [0, 0.1) is 6.92 Å². The first-order valence-corrected chi connectivity index (χ1v) is 8.77. The van der Waals surface area contributed by atoms with Crippen molar-refractivity contribution in [2.24, 2.45) is 0 Å². The highest BCUT2D eigenvalue weighted by atomic mass is 35.5. The van der Waals surface area contributed by atoms with Crippen LogP contribution in [-0.4, -0.2) is 35.5 Å². The first-order valence-electron chi connectivity index (χ1n) is 8.39. The lowest BCUT2D eigenvalue weighted by Gasteiger charge is -2.27. The summed E-state index contributed by atoms with van der Waals surface area (Å²) in [6.45, 7) is 1.17. The number of carboxylic acids is 1. The third kappa shape index (κ3) is 4.27. The lowest BCUT2D eigenvalue weighted by Crippen LogP contribution is -2.54. The van der Waals surface area contributed by atoms with E-state index in [-0.39, 0.29) is 11.3 Å². The molecule has 0 saturated carbocycles. The number of aliphatic carboxylic acids is 1. The second-order valence-electron chi connectivity index (χ2n) is 6.09. The number of barbiturate groups is 1. The number of rotatable bonds is 5. The van der Waals surface area contributed by atoms with Gasteiger partial charge in [-0.3, -0.25) is 14.9 Å². The molecule has 0 unspecified atom stereocenters. The molecule has 1 aliphatic rings. The number of ether oxygens (including phenoxy) is 1. The molecule has 2 aromatic rings. The van der Waals surface area contributed by atoms with Gasteiger partial charge in [-0.1, -0.05) is 29.8 Å². The van der Waals surface area contributed by atoms with Gasteiger partial charge in [0.25, 0.3) is 11.8 Å². The van der Waals surface area contributed by atoms with E-state index in [1.807, 2.05) is 0 Å². The standard InChI is InChI=1S/C20H15ClN2O6/c1-11-15(21)3-2-4-16(11)23-19(27)14(18(26)22-20(23)28)9-12-5-7-13(8-6-12)29-10-17(24)25/h2-9H,10H2,1H3,(H,24,25)(H,22,26,28)/b14-9+. The van der Waals surface area contributed by atoms with Crippen molar-refractivity contribution in [3.05, 3.63) is 64.2 Å². The normalized spacial score (nSPS) is 15.4. The van der Waals surface area contributed by atoms with Crippen LogP contribution in [0.3, 0.4) is 0 Å². The van der Waals surface area contributed by atoms with Crippen molar-refractivity contribution < 1.29 is 29.0 Å². The fraction of sp³-hybridized carbons (Fsp3) is 0.100. The molecule has 2 aromatic carbocycles. The summed E-state index contributed by atoms with van der Waals surface area (Å²) in [5.41, 5.74) is 1.05. The zero-order valence-electron chi connectivity index (χ0n) is 15.1. The van der Waals surface area contributed by atoms with Crippen LogP contribution in [0.25, 0.3) is 6.08 Å². The zero-order chi connectivity index (χ0) is 21.1. The number of carboxylic acid groups (broad SMARTS) is 1. The molecule has 2 N–H and O–H groups in total. The van der Waals surface area contributed by atoms with Crippen molar-refractivity contribution in [2.75, 3.05) is 11.5 Å². The monoisotopic (exact) mass is 414 g/mol. The lowest BCUT2D eigenvalue weighted by molar-refractivity contribution is -0.139. The number of benzene rings is 2. The van der Waals surface area contributed by atoms with Crippen LogP contribution >= 0.6 is 11.6 Å². The molecule has 0 bridgehead atoms. The fourth-order valence-corrected chi connectivity index (χ4v) is 2.86. The summed E-state index contributed by atoms with van der Waals surface area (Å²) in [5, 5.41) is 11.1. The maximum absolute atomic E-state index is 12.9. The van der Waals surface area contributed by atoms with Crippen molar-refractivity contribution in [3.63, 3.8) is 0 Å². The van der Waals surface area contributed by atoms with E-state index >= 15 is 0 Å². The molecule has 1 aliphatic heterocycles. The van der Waals surface area contributed by atoms with E-state index in [1.165, 1.54) is 18.2 Å². The van der Waals surface area contributed by atoms with Crippen molar-refractivity contribution >= 4 is 47.2 Å². The Kier molecular flexibility index (Phi) is 5.65. The molecular formula is C20H15ClN2O6. The molecule has 9 heteroatoms. The van der Waals surface area contributed by atoms with Gasteiger partial charge in [0.1, 0.15) is 11.3 Å². The van der Waals surface area contributed by atoms with E-state index in [1.54, 1.807) is 37.3 Å². The molecule has 148 valence electrons. The molecule has 0 spiro atoms. The number of nitrogens with one attached hydrogen (secondary N) is 1. The minimum absolute atomic E-state index is 0.233. The number of carbonyl (C=O) groups excluding carboxylic acids is 3. The lowest BCUT2D eigenvalue weighted by atomic mass is 10.1. The van der Waals surface area contributed by atoms with Gasteiger partial charge < -0.3 is 9.84 Å². The Labute approximate surface area is 170 Å². The van der Waals surface area contributed by atoms with E-state index in [0.717, 1.165) is 4.90 Å². The predicted octanol–water partition coefficient (Wildman–Crippen LogP) is 2.78. The van der Waals surface area contributed by atoms with Crippen LogP contribution in [0.2, 0.25) is 5.02 Å². The third-order valence-corrected chi connectivity index (χ3v) is 4.54. The number of carbonyl (C=O) groups is 4. The van der Waals surface area contributed by atoms with E-state index in [9.17, 15) is 19.2 Å². The molecule has 3 rings (SSSR count). The minimum Gasteiger partial charge on any atom is -0.482 e. The molecule has 0 atom stereocenters. The Morgan fingerprint density at radius 2 is 1.86 bits per heavy atom. The number of hydrogen-bond donors (Lipinski definition) is 2. The highest BCUT2D eigenvalue weighted by molar-refractivity contribution is 6.39. The van der Waals surface area contributed by atoms with Gasteiger partial charge >= 0.3 is 12.0 Å². The zero-order valence-corrected chi connectivity index (χ0v) is 15.9. The summed E-state index contributed by atoms with van der Waals surface area (Å²) in [4.78, 5) is 48.8. The number of nitrogens with zero attached hydrogens (tertiary/aromatic N) is 1. The second-order valence-corrected chi connectivity index (χ2v) is 6.50. The minimum atomic E-state index is -1.11. The van der Waals surface area contributed by atoms with E-state index in [4.69, 9.17) is 21.4 Å². The van der Waals surface area contributed by atoms with Crippen LogP contribution in [0.1, 0.15) is 11.1 Å². The van der Waals surface area contributed by atoms with Crippen molar-refractivity contribution in [3.8, 4) is 5.75 Å². The molecule has 1 heterocycles. The maximum Gasteiger partial charge on any atom is 0.341 e. The van der Waals surface area contributed by atoms with Crippen LogP contribution in [0.5, 0.6) is 5.75 Å². The second kappa shape index (κ2) is 8.15. The Hall–Kier alpha value is -3.65. The van der Waals surface area contributed by atoms with Gasteiger partial charge in [0.15, 0.2) is 6.61 Å². The first kappa shape index (κ1) is 20.1. The Balaban J connectivity index is 1.91. The molecule has 0 aromatic heterocycles. The van der Waals surface area contributed by atoms with Gasteiger partial charge in [-0.25, -0.2) is 14.5 Å². The quantitative estimate of drug-likeness (QED) is 0.574. The summed E-state index contributed by atoms with van der Waals surface area (Å²) in [5.74, 6) is -2.39. The van der Waals surface area contributed by atoms with Crippen LogP contribution < -0.4 is 15.0 Å². The number of hydrogen-bond acceptors (Lipinski definition) is 5. The van der Waals surface area contributed by atoms with Crippen LogP contribution in [0.15, 0.2) is 48.0 Å². The molecule has 0 aliphatic carbocycles. The van der Waals surface area contributed by atoms with E-state index in [0.29, 0.717) is 21.9 Å². The predicted molar refractivity (Wildman–Crippen MR) is 105 cm³/mol. The smallest absolute Gasteiger partial charge is 0.341 e. The van der Waals surface area contributed by atoms with Crippen molar-refractivity contribution in [1.29, 1.82) is 0 Å². The number of halogens is 1. The van der Waals surface area contributed by atoms with E-state index < -0.39 is 30.4 Å². The van der Waals surface area contributed by atoms with Gasteiger partial charge in [-0.15, -0.1) is 0 Å². The number of anilines is 1. The number of urea groups is 1. The largest absolute Gasteiger partial charge is 0.482 e. The Morgan fingerprint density at radius 3 is 2.52 bits per heavy atom. The molecule has 0 radical (unpaired) electrons. The average Bonchev–Trinajstić information content (AvgIpc) is 2.67. The summed E-state index contributed by atoms with van der Waals surface area (Å²) >= 11 is 6.08. The van der Waals surface area contributed by atoms with Gasteiger partial charge in [-0.2, -0.15) is 0 Å². The molecule has 29 heavy (non-hydrogen) atoms. The third-order valence-electron chi connectivity index (χ3n) is 4.14. The molecule has 1 fully saturated rings. The summed E-state index contributed by atoms with van der Waals surface area (Å²) < 4.78 is 5.04. The highest BCUT2D eigenvalue weighted by Crippen LogP contribution is 2.29. The van der Waals surface area contributed by atoms with Gasteiger partial charge in [0.2, 0.25) is 0 Å². The van der Waals surface area contributed by atoms with Gasteiger partial charge in [-0.05, 0) is 48.4 Å². The van der Waals surface area contributed by atoms with E-state index in [2.05, 4.69) is 5.32 Å². The highest BCUT2D eigenvalue weighted by Gasteiger charge is 2.37. The topological polar surface area (TPSA) is 113 Å².